The SMILES string of the molecule is COc1ccccc1-c1cc2c(nn1)[C@@]1(C)CC[C@@H]2C1(C)C. The van der Waals surface area contributed by atoms with Crippen molar-refractivity contribution in [2.75, 3.05) is 7.11 Å². The van der Waals surface area contributed by atoms with Crippen molar-refractivity contribution in [2.45, 2.75) is 44.9 Å². The van der Waals surface area contributed by atoms with Gasteiger partial charge in [-0.25, -0.2) is 0 Å². The number of rotatable bonds is 2. The Morgan fingerprint density at radius 1 is 1.14 bits per heavy atom. The fourth-order valence-electron chi connectivity index (χ4n) is 4.56. The normalized spacial score (nSPS) is 27.7. The van der Waals surface area contributed by atoms with Crippen molar-refractivity contribution < 1.29 is 4.74 Å². The maximum absolute atomic E-state index is 5.47. The highest BCUT2D eigenvalue weighted by Crippen LogP contribution is 2.67. The summed E-state index contributed by atoms with van der Waals surface area (Å²) in [5.41, 5.74) is 4.99. The van der Waals surface area contributed by atoms with Crippen LogP contribution in [0.2, 0.25) is 0 Å². The van der Waals surface area contributed by atoms with Crippen molar-refractivity contribution in [1.29, 1.82) is 0 Å². The van der Waals surface area contributed by atoms with E-state index in [-0.39, 0.29) is 10.8 Å². The lowest BCUT2D eigenvalue weighted by Crippen LogP contribution is -2.32. The van der Waals surface area contributed by atoms with Crippen LogP contribution < -0.4 is 4.74 Å². The summed E-state index contributed by atoms with van der Waals surface area (Å²) in [4.78, 5) is 0. The van der Waals surface area contributed by atoms with E-state index in [0.29, 0.717) is 5.92 Å². The molecule has 0 aliphatic heterocycles. The quantitative estimate of drug-likeness (QED) is 0.827. The molecular weight excluding hydrogens is 272 g/mol. The highest BCUT2D eigenvalue weighted by Gasteiger charge is 2.60. The Bertz CT molecular complexity index is 753. The van der Waals surface area contributed by atoms with Crippen LogP contribution in [0.4, 0.5) is 0 Å². The van der Waals surface area contributed by atoms with Gasteiger partial charge >= 0.3 is 0 Å². The second-order valence-electron chi connectivity index (χ2n) is 7.38. The number of ether oxygens (including phenoxy) is 1. The Morgan fingerprint density at radius 3 is 2.68 bits per heavy atom. The molecule has 0 N–H and O–H groups in total. The fourth-order valence-corrected chi connectivity index (χ4v) is 4.56. The molecule has 114 valence electrons. The minimum absolute atomic E-state index is 0.166. The average molecular weight is 294 g/mol. The number of aromatic nitrogens is 2. The van der Waals surface area contributed by atoms with Crippen LogP contribution in [0.1, 0.15) is 50.8 Å². The molecule has 3 nitrogen and oxygen atoms in total. The van der Waals surface area contributed by atoms with Crippen LogP contribution in [-0.2, 0) is 5.41 Å². The van der Waals surface area contributed by atoms with Gasteiger partial charge in [0.1, 0.15) is 5.75 Å². The molecular formula is C19H22N2O. The predicted molar refractivity (Wildman–Crippen MR) is 87.1 cm³/mol. The Kier molecular flexibility index (Phi) is 2.69. The molecule has 3 heteroatoms. The van der Waals surface area contributed by atoms with Crippen LogP contribution in [0.15, 0.2) is 30.3 Å². The molecule has 1 heterocycles. The predicted octanol–water partition coefficient (Wildman–Crippen LogP) is 4.33. The number of fused-ring (bicyclic) bond motifs is 5. The van der Waals surface area contributed by atoms with Gasteiger partial charge in [0.25, 0.3) is 0 Å². The molecule has 22 heavy (non-hydrogen) atoms. The molecule has 0 radical (unpaired) electrons. The van der Waals surface area contributed by atoms with E-state index in [2.05, 4.69) is 43.1 Å². The molecule has 4 rings (SSSR count). The Labute approximate surface area is 131 Å². The van der Waals surface area contributed by atoms with Gasteiger partial charge in [-0.05, 0) is 47.9 Å². The molecule has 1 aromatic heterocycles. The number of benzene rings is 1. The van der Waals surface area contributed by atoms with Gasteiger partial charge in [-0.15, -0.1) is 0 Å². The van der Waals surface area contributed by atoms with Crippen molar-refractivity contribution in [3.05, 3.63) is 41.6 Å². The first kappa shape index (κ1) is 13.7. The van der Waals surface area contributed by atoms with E-state index >= 15 is 0 Å². The Morgan fingerprint density at radius 2 is 1.91 bits per heavy atom. The summed E-state index contributed by atoms with van der Waals surface area (Å²) in [6.07, 6.45) is 2.48. The van der Waals surface area contributed by atoms with Crippen LogP contribution in [0, 0.1) is 5.41 Å². The van der Waals surface area contributed by atoms with Crippen LogP contribution in [-0.4, -0.2) is 17.3 Å². The van der Waals surface area contributed by atoms with Crippen molar-refractivity contribution >= 4 is 0 Å². The van der Waals surface area contributed by atoms with Gasteiger partial charge in [0.15, 0.2) is 0 Å². The topological polar surface area (TPSA) is 35.0 Å². The third-order valence-corrected chi connectivity index (χ3v) is 6.33. The van der Waals surface area contributed by atoms with E-state index in [0.717, 1.165) is 17.0 Å². The fraction of sp³-hybridized carbons (Fsp3) is 0.474. The highest BCUT2D eigenvalue weighted by atomic mass is 16.5. The van der Waals surface area contributed by atoms with E-state index in [9.17, 15) is 0 Å². The van der Waals surface area contributed by atoms with E-state index in [1.165, 1.54) is 24.1 Å². The average Bonchev–Trinajstić information content (AvgIpc) is 2.86. The van der Waals surface area contributed by atoms with Crippen LogP contribution in [0.5, 0.6) is 5.75 Å². The van der Waals surface area contributed by atoms with Crippen molar-refractivity contribution in [2.24, 2.45) is 5.41 Å². The summed E-state index contributed by atoms with van der Waals surface area (Å²) < 4.78 is 5.47. The van der Waals surface area contributed by atoms with Gasteiger partial charge in [0.2, 0.25) is 0 Å². The van der Waals surface area contributed by atoms with Gasteiger partial charge < -0.3 is 4.74 Å². The van der Waals surface area contributed by atoms with E-state index in [1.54, 1.807) is 7.11 Å². The number of nitrogens with zero attached hydrogens (tertiary/aromatic N) is 2. The molecule has 1 fully saturated rings. The summed E-state index contributed by atoms with van der Waals surface area (Å²) in [5.74, 6) is 1.45. The smallest absolute Gasteiger partial charge is 0.128 e. The third-order valence-electron chi connectivity index (χ3n) is 6.33. The van der Waals surface area contributed by atoms with Crippen LogP contribution in [0.3, 0.4) is 0 Å². The summed E-state index contributed by atoms with van der Waals surface area (Å²) in [6.45, 7) is 7.13. The van der Waals surface area contributed by atoms with E-state index in [4.69, 9.17) is 4.74 Å². The Hall–Kier alpha value is -1.90. The first-order chi connectivity index (χ1) is 10.5. The lowest BCUT2D eigenvalue weighted by atomic mass is 9.70. The van der Waals surface area contributed by atoms with Gasteiger partial charge in [0.05, 0.1) is 18.5 Å². The minimum Gasteiger partial charge on any atom is -0.496 e. The number of methoxy groups -OCH3 is 1. The van der Waals surface area contributed by atoms with Crippen molar-refractivity contribution in [1.82, 2.24) is 10.2 Å². The van der Waals surface area contributed by atoms with E-state index in [1.807, 2.05) is 18.2 Å². The van der Waals surface area contributed by atoms with E-state index < -0.39 is 0 Å². The Balaban J connectivity index is 1.88. The number of hydrogen-bond donors (Lipinski definition) is 0. The molecule has 0 spiro atoms. The standard InChI is InChI=1S/C19H22N2O/c1-18(2)14-9-10-19(18,3)17-13(14)11-15(20-21-17)12-7-5-6-8-16(12)22-4/h5-8,11,14H,9-10H2,1-4H3/t14-,19+/m0/s1. The molecule has 2 bridgehead atoms. The second-order valence-corrected chi connectivity index (χ2v) is 7.38. The summed E-state index contributed by atoms with van der Waals surface area (Å²) in [6, 6.07) is 10.3. The largest absolute Gasteiger partial charge is 0.496 e. The third kappa shape index (κ3) is 1.52. The maximum atomic E-state index is 5.47. The molecule has 2 aliphatic rings. The molecule has 2 aromatic rings. The van der Waals surface area contributed by atoms with Crippen LogP contribution >= 0.6 is 0 Å². The number of hydrogen-bond acceptors (Lipinski definition) is 3. The first-order valence-corrected chi connectivity index (χ1v) is 8.00. The monoisotopic (exact) mass is 294 g/mol. The maximum Gasteiger partial charge on any atom is 0.128 e. The zero-order valence-electron chi connectivity index (χ0n) is 13.7. The van der Waals surface area contributed by atoms with Gasteiger partial charge in [-0.1, -0.05) is 32.9 Å². The zero-order chi connectivity index (χ0) is 15.5. The van der Waals surface area contributed by atoms with Crippen molar-refractivity contribution in [3.8, 4) is 17.0 Å². The van der Waals surface area contributed by atoms with Crippen molar-refractivity contribution in [3.63, 3.8) is 0 Å². The second kappa shape index (κ2) is 4.31. The first-order valence-electron chi connectivity index (χ1n) is 8.00. The zero-order valence-corrected chi connectivity index (χ0v) is 13.7. The lowest BCUT2D eigenvalue weighted by Gasteiger charge is -2.33. The minimum atomic E-state index is 0.166. The molecule has 0 amide bonds. The summed E-state index contributed by atoms with van der Waals surface area (Å²) in [7, 11) is 1.70. The summed E-state index contributed by atoms with van der Waals surface area (Å²) in [5, 5.41) is 9.18. The molecule has 2 atom stereocenters. The van der Waals surface area contributed by atoms with Gasteiger partial charge in [0, 0.05) is 11.0 Å². The molecule has 1 saturated carbocycles. The van der Waals surface area contributed by atoms with Gasteiger partial charge in [-0.2, -0.15) is 10.2 Å². The molecule has 1 aromatic carbocycles. The lowest BCUT2D eigenvalue weighted by molar-refractivity contribution is 0.226. The highest BCUT2D eigenvalue weighted by molar-refractivity contribution is 5.68. The number of para-hydroxylation sites is 1. The van der Waals surface area contributed by atoms with Gasteiger partial charge in [-0.3, -0.25) is 0 Å². The molecule has 0 unspecified atom stereocenters. The molecule has 0 saturated heterocycles. The molecule has 2 aliphatic carbocycles. The summed E-state index contributed by atoms with van der Waals surface area (Å²) >= 11 is 0. The van der Waals surface area contributed by atoms with Crippen LogP contribution in [0.25, 0.3) is 11.3 Å².